The van der Waals surface area contributed by atoms with E-state index in [4.69, 9.17) is 11.6 Å². The van der Waals surface area contributed by atoms with Crippen LogP contribution in [0.2, 0.25) is 5.02 Å². The summed E-state index contributed by atoms with van der Waals surface area (Å²) in [7, 11) is 0. The third kappa shape index (κ3) is 6.03. The van der Waals surface area contributed by atoms with Crippen molar-refractivity contribution >= 4 is 46.4 Å². The van der Waals surface area contributed by atoms with Crippen molar-refractivity contribution in [3.63, 3.8) is 0 Å². The molecule has 4 aromatic rings. The number of ketones is 1. The van der Waals surface area contributed by atoms with Crippen molar-refractivity contribution in [3.8, 4) is 5.69 Å². The molecule has 7 nitrogen and oxygen atoms in total. The number of hydrogen-bond acceptors (Lipinski definition) is 6. The van der Waals surface area contributed by atoms with Crippen LogP contribution in [0.4, 0.5) is 11.4 Å². The highest BCUT2D eigenvalue weighted by atomic mass is 35.5. The van der Waals surface area contributed by atoms with Gasteiger partial charge in [0.1, 0.15) is 0 Å². The fourth-order valence-corrected chi connectivity index (χ4v) is 4.20. The fraction of sp³-hybridized carbons (Fsp3) is 0.120. The van der Waals surface area contributed by atoms with E-state index < -0.39 is 0 Å². The number of carbonyl (C=O) groups is 2. The molecular formula is C25H22ClN5O2S. The second-order valence-electron chi connectivity index (χ2n) is 7.40. The molecule has 0 aliphatic carbocycles. The monoisotopic (exact) mass is 491 g/mol. The van der Waals surface area contributed by atoms with Gasteiger partial charge < -0.3 is 10.6 Å². The number of nitrogens with zero attached hydrogens (tertiary/aromatic N) is 3. The van der Waals surface area contributed by atoms with Crippen molar-refractivity contribution in [2.45, 2.75) is 18.6 Å². The first-order valence-electron chi connectivity index (χ1n) is 10.5. The average Bonchev–Trinajstić information content (AvgIpc) is 3.25. The van der Waals surface area contributed by atoms with Crippen molar-refractivity contribution < 1.29 is 9.59 Å². The number of nitrogens with one attached hydrogen (secondary N) is 2. The van der Waals surface area contributed by atoms with Gasteiger partial charge in [-0.05, 0) is 61.5 Å². The van der Waals surface area contributed by atoms with Gasteiger partial charge in [0.15, 0.2) is 16.8 Å². The van der Waals surface area contributed by atoms with Gasteiger partial charge >= 0.3 is 0 Å². The van der Waals surface area contributed by atoms with E-state index in [2.05, 4.69) is 20.8 Å². The maximum absolute atomic E-state index is 12.5. The van der Waals surface area contributed by atoms with Gasteiger partial charge in [0.25, 0.3) is 0 Å². The summed E-state index contributed by atoms with van der Waals surface area (Å²) in [5, 5.41) is 16.1. The Morgan fingerprint density at radius 3 is 2.41 bits per heavy atom. The standard InChI is InChI=1S/C25H22ClN5O2S/c1-17(32)18-10-12-20(13-11-18)28-24(33)16-34-25-30-29-23(31(25)22-8-3-2-4-9-22)15-27-21-7-5-6-19(26)14-21/h2-14,27H,15-16H2,1H3,(H,28,33). The zero-order chi connectivity index (χ0) is 23.9. The van der Waals surface area contributed by atoms with E-state index in [-0.39, 0.29) is 17.4 Å². The first-order chi connectivity index (χ1) is 16.5. The van der Waals surface area contributed by atoms with Crippen molar-refractivity contribution in [1.29, 1.82) is 0 Å². The van der Waals surface area contributed by atoms with Crippen molar-refractivity contribution in [2.24, 2.45) is 0 Å². The molecule has 0 fully saturated rings. The number of hydrogen-bond donors (Lipinski definition) is 2. The van der Waals surface area contributed by atoms with Gasteiger partial charge in [-0.2, -0.15) is 0 Å². The Hall–Kier alpha value is -3.62. The zero-order valence-electron chi connectivity index (χ0n) is 18.4. The molecule has 0 unspecified atom stereocenters. The van der Waals surface area contributed by atoms with Crippen molar-refractivity contribution in [3.05, 3.63) is 95.3 Å². The van der Waals surface area contributed by atoms with Crippen LogP contribution in [0.3, 0.4) is 0 Å². The van der Waals surface area contributed by atoms with E-state index in [0.29, 0.717) is 33.8 Å². The summed E-state index contributed by atoms with van der Waals surface area (Å²) in [5.74, 6) is 0.659. The topological polar surface area (TPSA) is 88.9 Å². The Morgan fingerprint density at radius 2 is 1.71 bits per heavy atom. The van der Waals surface area contributed by atoms with Crippen LogP contribution in [0.5, 0.6) is 0 Å². The molecule has 4 rings (SSSR count). The van der Waals surface area contributed by atoms with E-state index >= 15 is 0 Å². The largest absolute Gasteiger partial charge is 0.378 e. The van der Waals surface area contributed by atoms with E-state index in [1.165, 1.54) is 18.7 Å². The first-order valence-corrected chi connectivity index (χ1v) is 11.9. The second kappa shape index (κ2) is 11.0. The van der Waals surface area contributed by atoms with Gasteiger partial charge in [-0.15, -0.1) is 10.2 Å². The number of aromatic nitrogens is 3. The third-order valence-corrected chi connectivity index (χ3v) is 6.06. The van der Waals surface area contributed by atoms with Crippen LogP contribution in [0.1, 0.15) is 23.1 Å². The van der Waals surface area contributed by atoms with Gasteiger partial charge in [-0.3, -0.25) is 14.2 Å². The molecule has 0 aliphatic rings. The molecule has 9 heteroatoms. The quantitative estimate of drug-likeness (QED) is 0.238. The number of para-hydroxylation sites is 1. The molecular weight excluding hydrogens is 470 g/mol. The number of carbonyl (C=O) groups excluding carboxylic acids is 2. The minimum atomic E-state index is -0.179. The van der Waals surface area contributed by atoms with Crippen LogP contribution in [0, 0.1) is 0 Å². The lowest BCUT2D eigenvalue weighted by Gasteiger charge is -2.12. The van der Waals surface area contributed by atoms with E-state index in [1.807, 2.05) is 59.2 Å². The maximum atomic E-state index is 12.5. The number of anilines is 2. The van der Waals surface area contributed by atoms with Crippen LogP contribution >= 0.6 is 23.4 Å². The summed E-state index contributed by atoms with van der Waals surface area (Å²) >= 11 is 7.38. The number of amides is 1. The summed E-state index contributed by atoms with van der Waals surface area (Å²) < 4.78 is 1.93. The lowest BCUT2D eigenvalue weighted by molar-refractivity contribution is -0.113. The average molecular weight is 492 g/mol. The zero-order valence-corrected chi connectivity index (χ0v) is 19.9. The number of thioether (sulfide) groups is 1. The minimum Gasteiger partial charge on any atom is -0.378 e. The predicted molar refractivity (Wildman–Crippen MR) is 136 cm³/mol. The molecule has 1 amide bonds. The molecule has 0 radical (unpaired) electrons. The molecule has 0 aliphatic heterocycles. The van der Waals surface area contributed by atoms with Gasteiger partial charge in [-0.25, -0.2) is 0 Å². The highest BCUT2D eigenvalue weighted by molar-refractivity contribution is 7.99. The second-order valence-corrected chi connectivity index (χ2v) is 8.78. The summed E-state index contributed by atoms with van der Waals surface area (Å²) in [6.45, 7) is 1.93. The molecule has 0 atom stereocenters. The summed E-state index contributed by atoms with van der Waals surface area (Å²) in [4.78, 5) is 23.9. The Balaban J connectivity index is 1.46. The molecule has 0 saturated heterocycles. The number of halogens is 1. The highest BCUT2D eigenvalue weighted by Crippen LogP contribution is 2.23. The van der Waals surface area contributed by atoms with Crippen molar-refractivity contribution in [2.75, 3.05) is 16.4 Å². The molecule has 1 heterocycles. The fourth-order valence-electron chi connectivity index (χ4n) is 3.24. The Morgan fingerprint density at radius 1 is 0.941 bits per heavy atom. The van der Waals surface area contributed by atoms with Gasteiger partial charge in [-0.1, -0.05) is 47.6 Å². The Labute approximate surface area is 206 Å². The Kier molecular flexibility index (Phi) is 7.61. The summed E-state index contributed by atoms with van der Waals surface area (Å²) in [6.07, 6.45) is 0. The van der Waals surface area contributed by atoms with Gasteiger partial charge in [0.05, 0.1) is 12.3 Å². The lowest BCUT2D eigenvalue weighted by atomic mass is 10.1. The van der Waals surface area contributed by atoms with Crippen LogP contribution in [0.15, 0.2) is 84.0 Å². The molecule has 0 spiro atoms. The highest BCUT2D eigenvalue weighted by Gasteiger charge is 2.16. The number of Topliss-reactive ketones (excluding diaryl/α,β-unsaturated/α-hetero) is 1. The van der Waals surface area contributed by atoms with Crippen LogP contribution in [-0.4, -0.2) is 32.2 Å². The summed E-state index contributed by atoms with van der Waals surface area (Å²) in [6, 6.07) is 24.0. The smallest absolute Gasteiger partial charge is 0.234 e. The Bertz CT molecular complexity index is 1290. The molecule has 2 N–H and O–H groups in total. The molecule has 172 valence electrons. The molecule has 0 saturated carbocycles. The van der Waals surface area contributed by atoms with Gasteiger partial charge in [0, 0.05) is 27.6 Å². The maximum Gasteiger partial charge on any atom is 0.234 e. The predicted octanol–water partition coefficient (Wildman–Crippen LogP) is 5.47. The minimum absolute atomic E-state index is 0.0191. The molecule has 1 aromatic heterocycles. The van der Waals surface area contributed by atoms with Crippen molar-refractivity contribution in [1.82, 2.24) is 14.8 Å². The number of benzene rings is 3. The summed E-state index contributed by atoms with van der Waals surface area (Å²) in [5.41, 5.74) is 3.01. The third-order valence-electron chi connectivity index (χ3n) is 4.90. The van der Waals surface area contributed by atoms with E-state index in [0.717, 1.165) is 11.4 Å². The van der Waals surface area contributed by atoms with E-state index in [9.17, 15) is 9.59 Å². The molecule has 34 heavy (non-hydrogen) atoms. The van der Waals surface area contributed by atoms with Crippen LogP contribution in [-0.2, 0) is 11.3 Å². The first kappa shape index (κ1) is 23.5. The normalized spacial score (nSPS) is 10.6. The van der Waals surface area contributed by atoms with Gasteiger partial charge in [0.2, 0.25) is 5.91 Å². The van der Waals surface area contributed by atoms with Crippen LogP contribution in [0.25, 0.3) is 5.69 Å². The van der Waals surface area contributed by atoms with Crippen LogP contribution < -0.4 is 10.6 Å². The lowest BCUT2D eigenvalue weighted by Crippen LogP contribution is -2.15. The number of rotatable bonds is 9. The van der Waals surface area contributed by atoms with E-state index in [1.54, 1.807) is 24.3 Å². The molecule has 3 aromatic carbocycles. The SMILES string of the molecule is CC(=O)c1ccc(NC(=O)CSc2nnc(CNc3cccc(Cl)c3)n2-c2ccccc2)cc1. The molecule has 0 bridgehead atoms.